The maximum absolute atomic E-state index is 13.2. The van der Waals surface area contributed by atoms with Crippen LogP contribution in [0.25, 0.3) is 0 Å². The highest BCUT2D eigenvalue weighted by atomic mass is 127. The molecule has 2 aromatic carbocycles. The first-order valence-electron chi connectivity index (χ1n) is 7.62. The fourth-order valence-electron chi connectivity index (χ4n) is 2.15. The Morgan fingerprint density at radius 3 is 2.25 bits per heavy atom. The van der Waals surface area contributed by atoms with E-state index < -0.39 is 0 Å². The Morgan fingerprint density at radius 1 is 1.04 bits per heavy atom. The Kier molecular flexibility index (Phi) is 9.14. The minimum Gasteiger partial charge on any atom is -0.494 e. The van der Waals surface area contributed by atoms with Gasteiger partial charge in [-0.25, -0.2) is 4.39 Å². The summed E-state index contributed by atoms with van der Waals surface area (Å²) in [5.41, 5.74) is 1.97. The van der Waals surface area contributed by atoms with Gasteiger partial charge in [-0.05, 0) is 42.3 Å². The van der Waals surface area contributed by atoms with E-state index in [9.17, 15) is 4.39 Å². The van der Waals surface area contributed by atoms with Crippen molar-refractivity contribution >= 4 is 29.9 Å². The van der Waals surface area contributed by atoms with E-state index in [0.717, 1.165) is 16.9 Å². The van der Waals surface area contributed by atoms with E-state index in [2.05, 4.69) is 15.6 Å². The molecule has 2 N–H and O–H groups in total. The average molecular weight is 443 g/mol. The van der Waals surface area contributed by atoms with Gasteiger partial charge >= 0.3 is 0 Å². The molecule has 0 unspecified atom stereocenters. The molecule has 0 aromatic heterocycles. The highest BCUT2D eigenvalue weighted by Gasteiger charge is 2.01. The molecule has 2 rings (SSSR count). The van der Waals surface area contributed by atoms with E-state index in [0.29, 0.717) is 25.7 Å². The Morgan fingerprint density at radius 2 is 1.67 bits per heavy atom. The summed E-state index contributed by atoms with van der Waals surface area (Å²) < 4.78 is 18.6. The third kappa shape index (κ3) is 6.74. The summed E-state index contributed by atoms with van der Waals surface area (Å²) in [4.78, 5) is 4.17. The van der Waals surface area contributed by atoms with Crippen LogP contribution in [-0.4, -0.2) is 19.6 Å². The molecular weight excluding hydrogens is 420 g/mol. The van der Waals surface area contributed by atoms with E-state index in [1.165, 1.54) is 12.1 Å². The molecule has 0 amide bonds. The molecule has 0 fully saturated rings. The van der Waals surface area contributed by atoms with Gasteiger partial charge in [-0.15, -0.1) is 24.0 Å². The second-order valence-corrected chi connectivity index (χ2v) is 4.99. The summed E-state index contributed by atoms with van der Waals surface area (Å²) in [6.07, 6.45) is 0. The molecule has 0 spiro atoms. The fourth-order valence-corrected chi connectivity index (χ4v) is 2.15. The Balaban J connectivity index is 0.00000288. The normalized spacial score (nSPS) is 10.7. The van der Waals surface area contributed by atoms with Gasteiger partial charge in [0.05, 0.1) is 6.61 Å². The first kappa shape index (κ1) is 20.2. The van der Waals surface area contributed by atoms with Crippen molar-refractivity contribution in [1.82, 2.24) is 10.6 Å². The third-order valence-electron chi connectivity index (χ3n) is 3.24. The largest absolute Gasteiger partial charge is 0.494 e. The minimum absolute atomic E-state index is 0. The van der Waals surface area contributed by atoms with Gasteiger partial charge in [0.15, 0.2) is 5.96 Å². The van der Waals surface area contributed by atoms with Crippen LogP contribution in [0, 0.1) is 5.82 Å². The second kappa shape index (κ2) is 10.9. The van der Waals surface area contributed by atoms with Crippen molar-refractivity contribution < 1.29 is 9.13 Å². The van der Waals surface area contributed by atoms with Gasteiger partial charge in [-0.2, -0.15) is 0 Å². The standard InChI is InChI=1S/C18H22FN3O.HI/c1-3-23-17-9-5-7-15(11-17)13-22-18(20-2)21-12-14-6-4-8-16(19)10-14;/h4-11H,3,12-13H2,1-2H3,(H2,20,21,22);1H. The summed E-state index contributed by atoms with van der Waals surface area (Å²) in [5.74, 6) is 1.28. The number of benzene rings is 2. The molecular formula is C18H23FIN3O. The Labute approximate surface area is 159 Å². The van der Waals surface area contributed by atoms with E-state index >= 15 is 0 Å². The van der Waals surface area contributed by atoms with Gasteiger partial charge in [0, 0.05) is 20.1 Å². The van der Waals surface area contributed by atoms with E-state index in [4.69, 9.17) is 4.74 Å². The monoisotopic (exact) mass is 443 g/mol. The number of nitrogens with one attached hydrogen (secondary N) is 2. The van der Waals surface area contributed by atoms with Crippen LogP contribution in [0.2, 0.25) is 0 Å². The average Bonchev–Trinajstić information content (AvgIpc) is 2.56. The predicted molar refractivity (Wildman–Crippen MR) is 106 cm³/mol. The van der Waals surface area contributed by atoms with Gasteiger partial charge in [0.2, 0.25) is 0 Å². The lowest BCUT2D eigenvalue weighted by atomic mass is 10.2. The number of halogens is 2. The quantitative estimate of drug-likeness (QED) is 0.407. The molecule has 0 aliphatic carbocycles. The van der Waals surface area contributed by atoms with Crippen LogP contribution in [0.5, 0.6) is 5.75 Å². The van der Waals surface area contributed by atoms with Crippen LogP contribution in [-0.2, 0) is 13.1 Å². The van der Waals surface area contributed by atoms with Crippen molar-refractivity contribution in [3.05, 3.63) is 65.5 Å². The number of aliphatic imine (C=N–C) groups is 1. The molecule has 0 bridgehead atoms. The third-order valence-corrected chi connectivity index (χ3v) is 3.24. The van der Waals surface area contributed by atoms with Crippen LogP contribution in [0.4, 0.5) is 4.39 Å². The molecule has 2 aromatic rings. The van der Waals surface area contributed by atoms with E-state index in [-0.39, 0.29) is 29.8 Å². The molecule has 0 saturated carbocycles. The van der Waals surface area contributed by atoms with Crippen LogP contribution >= 0.6 is 24.0 Å². The number of hydrogen-bond donors (Lipinski definition) is 2. The van der Waals surface area contributed by atoms with Crippen molar-refractivity contribution in [2.24, 2.45) is 4.99 Å². The van der Waals surface area contributed by atoms with E-state index in [1.54, 1.807) is 13.1 Å². The van der Waals surface area contributed by atoms with Gasteiger partial charge in [-0.1, -0.05) is 24.3 Å². The summed E-state index contributed by atoms with van der Waals surface area (Å²) in [6.45, 7) is 3.75. The first-order chi connectivity index (χ1) is 11.2. The molecule has 0 saturated heterocycles. The van der Waals surface area contributed by atoms with Crippen molar-refractivity contribution in [2.75, 3.05) is 13.7 Å². The SMILES string of the molecule is CCOc1cccc(CNC(=NC)NCc2cccc(F)c2)c1.I. The molecule has 130 valence electrons. The molecule has 4 nitrogen and oxygen atoms in total. The lowest BCUT2D eigenvalue weighted by Gasteiger charge is -2.13. The van der Waals surface area contributed by atoms with Crippen LogP contribution < -0.4 is 15.4 Å². The molecule has 0 aliphatic heterocycles. The maximum Gasteiger partial charge on any atom is 0.191 e. The number of hydrogen-bond acceptors (Lipinski definition) is 2. The van der Waals surface area contributed by atoms with Crippen LogP contribution in [0.15, 0.2) is 53.5 Å². The summed E-state index contributed by atoms with van der Waals surface area (Å²) in [7, 11) is 1.71. The molecule has 24 heavy (non-hydrogen) atoms. The number of guanidine groups is 1. The smallest absolute Gasteiger partial charge is 0.191 e. The molecule has 0 atom stereocenters. The zero-order chi connectivity index (χ0) is 16.5. The lowest BCUT2D eigenvalue weighted by molar-refractivity contribution is 0.340. The number of rotatable bonds is 6. The summed E-state index contributed by atoms with van der Waals surface area (Å²) in [5, 5.41) is 6.39. The zero-order valence-corrected chi connectivity index (χ0v) is 16.2. The van der Waals surface area contributed by atoms with E-state index in [1.807, 2.05) is 37.3 Å². The Bertz CT molecular complexity index is 664. The molecule has 0 aliphatic rings. The van der Waals surface area contributed by atoms with Gasteiger partial charge in [0.25, 0.3) is 0 Å². The summed E-state index contributed by atoms with van der Waals surface area (Å²) in [6, 6.07) is 14.4. The highest BCUT2D eigenvalue weighted by Crippen LogP contribution is 2.13. The second-order valence-electron chi connectivity index (χ2n) is 4.99. The predicted octanol–water partition coefficient (Wildman–Crippen LogP) is 3.71. The molecule has 0 heterocycles. The van der Waals surface area contributed by atoms with Crippen molar-refractivity contribution in [3.8, 4) is 5.75 Å². The van der Waals surface area contributed by atoms with Crippen molar-refractivity contribution in [3.63, 3.8) is 0 Å². The zero-order valence-electron chi connectivity index (χ0n) is 13.9. The fraction of sp³-hybridized carbons (Fsp3) is 0.278. The van der Waals surface area contributed by atoms with Crippen LogP contribution in [0.1, 0.15) is 18.1 Å². The highest BCUT2D eigenvalue weighted by molar-refractivity contribution is 14.0. The topological polar surface area (TPSA) is 45.6 Å². The summed E-state index contributed by atoms with van der Waals surface area (Å²) >= 11 is 0. The van der Waals surface area contributed by atoms with Gasteiger partial charge in [0.1, 0.15) is 11.6 Å². The van der Waals surface area contributed by atoms with Crippen molar-refractivity contribution in [1.29, 1.82) is 0 Å². The van der Waals surface area contributed by atoms with Crippen molar-refractivity contribution in [2.45, 2.75) is 20.0 Å². The van der Waals surface area contributed by atoms with Gasteiger partial charge in [-0.3, -0.25) is 4.99 Å². The minimum atomic E-state index is -0.236. The first-order valence-corrected chi connectivity index (χ1v) is 7.62. The number of nitrogens with zero attached hydrogens (tertiary/aromatic N) is 1. The maximum atomic E-state index is 13.2. The molecule has 6 heteroatoms. The van der Waals surface area contributed by atoms with Gasteiger partial charge < -0.3 is 15.4 Å². The molecule has 0 radical (unpaired) electrons. The number of ether oxygens (including phenoxy) is 1. The van der Waals surface area contributed by atoms with Crippen LogP contribution in [0.3, 0.4) is 0 Å². The Hall–Kier alpha value is -1.83. The lowest BCUT2D eigenvalue weighted by Crippen LogP contribution is -2.36.